The highest BCUT2D eigenvalue weighted by atomic mass is 16.6. The molecule has 0 spiro atoms. The molecule has 0 aromatic carbocycles. The SMILES string of the molecule is CCO[C@H]1C[C@H](O)[C@@]2(C)[C@@H]3OC(=O)[C@@H](C)[C@@H]3CC[C@H](C)[C@]12O. The van der Waals surface area contributed by atoms with Gasteiger partial charge in [-0.1, -0.05) is 20.8 Å². The van der Waals surface area contributed by atoms with Crippen molar-refractivity contribution in [3.05, 3.63) is 0 Å². The number of rotatable bonds is 2. The van der Waals surface area contributed by atoms with Crippen LogP contribution in [0.3, 0.4) is 0 Å². The lowest BCUT2D eigenvalue weighted by atomic mass is 9.64. The predicted molar refractivity (Wildman–Crippen MR) is 80.0 cm³/mol. The van der Waals surface area contributed by atoms with E-state index in [4.69, 9.17) is 9.47 Å². The van der Waals surface area contributed by atoms with Crippen LogP contribution in [-0.2, 0) is 14.3 Å². The van der Waals surface area contributed by atoms with Crippen LogP contribution in [0.15, 0.2) is 0 Å². The van der Waals surface area contributed by atoms with Gasteiger partial charge in [0.15, 0.2) is 0 Å². The number of esters is 1. The Labute approximate surface area is 132 Å². The van der Waals surface area contributed by atoms with E-state index in [1.54, 1.807) is 0 Å². The maximum absolute atomic E-state index is 12.1. The maximum atomic E-state index is 12.1. The Kier molecular flexibility index (Phi) is 3.82. The van der Waals surface area contributed by atoms with Crippen molar-refractivity contribution >= 4 is 5.97 Å². The van der Waals surface area contributed by atoms with Crippen LogP contribution in [0.25, 0.3) is 0 Å². The summed E-state index contributed by atoms with van der Waals surface area (Å²) in [4.78, 5) is 12.1. The van der Waals surface area contributed by atoms with Crippen LogP contribution >= 0.6 is 0 Å². The smallest absolute Gasteiger partial charge is 0.309 e. The van der Waals surface area contributed by atoms with Crippen LogP contribution in [0.2, 0.25) is 0 Å². The predicted octanol–water partition coefficient (Wildman–Crippen LogP) is 1.50. The molecule has 1 saturated heterocycles. The summed E-state index contributed by atoms with van der Waals surface area (Å²) in [5, 5.41) is 22.4. The van der Waals surface area contributed by atoms with E-state index in [1.807, 2.05) is 27.7 Å². The summed E-state index contributed by atoms with van der Waals surface area (Å²) < 4.78 is 11.5. The summed E-state index contributed by atoms with van der Waals surface area (Å²) in [6, 6.07) is 0. The van der Waals surface area contributed by atoms with Gasteiger partial charge in [-0.25, -0.2) is 0 Å². The minimum atomic E-state index is -1.17. The van der Waals surface area contributed by atoms with Crippen LogP contribution in [0.5, 0.6) is 0 Å². The van der Waals surface area contributed by atoms with Crippen molar-refractivity contribution in [3.8, 4) is 0 Å². The van der Waals surface area contributed by atoms with Crippen LogP contribution < -0.4 is 0 Å². The van der Waals surface area contributed by atoms with Gasteiger partial charge >= 0.3 is 5.97 Å². The van der Waals surface area contributed by atoms with E-state index in [9.17, 15) is 15.0 Å². The molecule has 5 heteroatoms. The first-order chi connectivity index (χ1) is 10.3. The lowest BCUT2D eigenvalue weighted by Gasteiger charge is -2.48. The van der Waals surface area contributed by atoms with Gasteiger partial charge in [0, 0.05) is 18.9 Å². The maximum Gasteiger partial charge on any atom is 0.309 e. The molecule has 0 amide bonds. The zero-order chi connectivity index (χ0) is 16.3. The fourth-order valence-electron chi connectivity index (χ4n) is 5.29. The summed E-state index contributed by atoms with van der Waals surface area (Å²) in [6.07, 6.45) is 0.444. The van der Waals surface area contributed by atoms with Crippen LogP contribution in [-0.4, -0.2) is 46.7 Å². The fourth-order valence-corrected chi connectivity index (χ4v) is 5.29. The molecule has 2 aliphatic carbocycles. The molecule has 2 saturated carbocycles. The van der Waals surface area contributed by atoms with E-state index >= 15 is 0 Å². The Morgan fingerprint density at radius 3 is 2.68 bits per heavy atom. The topological polar surface area (TPSA) is 76.0 Å². The number of hydrogen-bond donors (Lipinski definition) is 2. The summed E-state index contributed by atoms with van der Waals surface area (Å²) >= 11 is 0. The Morgan fingerprint density at radius 2 is 2.05 bits per heavy atom. The van der Waals surface area contributed by atoms with Crippen LogP contribution in [0.4, 0.5) is 0 Å². The lowest BCUT2D eigenvalue weighted by Crippen LogP contribution is -2.61. The molecule has 0 unspecified atom stereocenters. The molecule has 0 aromatic rings. The molecule has 5 nitrogen and oxygen atoms in total. The summed E-state index contributed by atoms with van der Waals surface area (Å²) in [5.41, 5.74) is -2.06. The average Bonchev–Trinajstić information content (AvgIpc) is 2.83. The van der Waals surface area contributed by atoms with Gasteiger partial charge in [-0.05, 0) is 25.7 Å². The highest BCUT2D eigenvalue weighted by Crippen LogP contribution is 2.61. The van der Waals surface area contributed by atoms with Gasteiger partial charge in [-0.2, -0.15) is 0 Å². The Morgan fingerprint density at radius 1 is 1.36 bits per heavy atom. The highest BCUT2D eigenvalue weighted by molar-refractivity contribution is 5.75. The summed E-state index contributed by atoms with van der Waals surface area (Å²) in [6.45, 7) is 8.18. The number of aliphatic hydroxyl groups is 2. The molecule has 8 atom stereocenters. The Bertz CT molecular complexity index is 466. The van der Waals surface area contributed by atoms with Crippen LogP contribution in [0, 0.1) is 23.2 Å². The quantitative estimate of drug-likeness (QED) is 0.756. The summed E-state index contributed by atoms with van der Waals surface area (Å²) in [7, 11) is 0. The molecular formula is C17H28O5. The zero-order valence-corrected chi connectivity index (χ0v) is 13.9. The van der Waals surface area contributed by atoms with Crippen molar-refractivity contribution in [1.82, 2.24) is 0 Å². The number of hydrogen-bond acceptors (Lipinski definition) is 5. The first-order valence-corrected chi connectivity index (χ1v) is 8.50. The van der Waals surface area contributed by atoms with Crippen molar-refractivity contribution < 1.29 is 24.5 Å². The number of aliphatic hydroxyl groups excluding tert-OH is 1. The van der Waals surface area contributed by atoms with E-state index in [0.717, 1.165) is 12.8 Å². The Balaban J connectivity index is 2.08. The molecular weight excluding hydrogens is 284 g/mol. The molecule has 1 aliphatic heterocycles. The van der Waals surface area contributed by atoms with E-state index in [-0.39, 0.29) is 23.7 Å². The molecule has 0 bridgehead atoms. The molecule has 0 aromatic heterocycles. The van der Waals surface area contributed by atoms with Crippen molar-refractivity contribution in [2.75, 3.05) is 6.61 Å². The third kappa shape index (κ3) is 1.79. The minimum absolute atomic E-state index is 0.0114. The second kappa shape index (κ2) is 5.18. The summed E-state index contributed by atoms with van der Waals surface area (Å²) in [5.74, 6) is -0.332. The number of carbonyl (C=O) groups excluding carboxylic acids is 1. The first-order valence-electron chi connectivity index (χ1n) is 8.50. The van der Waals surface area contributed by atoms with E-state index in [1.165, 1.54) is 0 Å². The van der Waals surface area contributed by atoms with Crippen molar-refractivity contribution in [2.45, 2.75) is 70.9 Å². The molecule has 1 heterocycles. The molecule has 3 aliphatic rings. The zero-order valence-electron chi connectivity index (χ0n) is 13.9. The lowest BCUT2D eigenvalue weighted by molar-refractivity contribution is -0.210. The van der Waals surface area contributed by atoms with E-state index in [2.05, 4.69) is 0 Å². The average molecular weight is 312 g/mol. The van der Waals surface area contributed by atoms with Gasteiger partial charge in [0.1, 0.15) is 11.7 Å². The van der Waals surface area contributed by atoms with Gasteiger partial charge in [0.05, 0.1) is 23.5 Å². The largest absolute Gasteiger partial charge is 0.461 e. The molecule has 3 fully saturated rings. The first kappa shape index (κ1) is 16.2. The number of carbonyl (C=O) groups is 1. The molecule has 2 N–H and O–H groups in total. The van der Waals surface area contributed by atoms with Gasteiger partial charge < -0.3 is 19.7 Å². The van der Waals surface area contributed by atoms with E-state index < -0.39 is 29.3 Å². The van der Waals surface area contributed by atoms with Gasteiger partial charge in [-0.15, -0.1) is 0 Å². The van der Waals surface area contributed by atoms with Crippen LogP contribution in [0.1, 0.15) is 47.0 Å². The second-order valence-electron chi connectivity index (χ2n) is 7.59. The molecule has 0 radical (unpaired) electrons. The molecule has 22 heavy (non-hydrogen) atoms. The van der Waals surface area contributed by atoms with Gasteiger partial charge in [0.2, 0.25) is 0 Å². The van der Waals surface area contributed by atoms with E-state index in [0.29, 0.717) is 13.0 Å². The Hall–Kier alpha value is -0.650. The monoisotopic (exact) mass is 312 g/mol. The van der Waals surface area contributed by atoms with Crippen molar-refractivity contribution in [2.24, 2.45) is 23.2 Å². The second-order valence-corrected chi connectivity index (χ2v) is 7.59. The minimum Gasteiger partial charge on any atom is -0.461 e. The normalized spacial score (nSPS) is 54.5. The van der Waals surface area contributed by atoms with Gasteiger partial charge in [0.25, 0.3) is 0 Å². The van der Waals surface area contributed by atoms with Crippen molar-refractivity contribution in [1.29, 1.82) is 0 Å². The molecule has 126 valence electrons. The fraction of sp³-hybridized carbons (Fsp3) is 0.941. The van der Waals surface area contributed by atoms with Crippen molar-refractivity contribution in [3.63, 3.8) is 0 Å². The number of ether oxygens (including phenoxy) is 2. The highest BCUT2D eigenvalue weighted by Gasteiger charge is 2.72. The standard InChI is InChI=1S/C17H28O5/c1-5-21-13-8-12(18)16(4)14-11(10(3)15(19)22-14)7-6-9(2)17(13,16)20/h9-14,18,20H,5-8H2,1-4H3/t9-,10-,11-,12-,13-,14+,16-,17-/m0/s1. The third-order valence-electron chi connectivity index (χ3n) is 6.77. The molecule has 3 rings (SSSR count). The third-order valence-corrected chi connectivity index (χ3v) is 6.77. The van der Waals surface area contributed by atoms with Gasteiger partial charge in [-0.3, -0.25) is 4.79 Å². The number of fused-ring (bicyclic) bond motifs is 3.